The van der Waals surface area contributed by atoms with E-state index in [9.17, 15) is 4.79 Å². The minimum Gasteiger partial charge on any atom is -0.353 e. The molecule has 0 aliphatic carbocycles. The summed E-state index contributed by atoms with van der Waals surface area (Å²) in [5, 5.41) is 7.84. The molecule has 0 atom stereocenters. The lowest BCUT2D eigenvalue weighted by Crippen LogP contribution is -2.24. The average Bonchev–Trinajstić information content (AvgIpc) is 2.74. The van der Waals surface area contributed by atoms with Crippen LogP contribution in [0, 0.1) is 0 Å². The van der Waals surface area contributed by atoms with Crippen molar-refractivity contribution in [2.75, 3.05) is 20.1 Å². The van der Waals surface area contributed by atoms with Gasteiger partial charge in [-0.25, -0.2) is 0 Å². The summed E-state index contributed by atoms with van der Waals surface area (Å²) < 4.78 is 0. The van der Waals surface area contributed by atoms with Gasteiger partial charge in [0, 0.05) is 17.5 Å². The molecule has 16 heavy (non-hydrogen) atoms. The minimum absolute atomic E-state index is 0. The second-order valence-corrected chi connectivity index (χ2v) is 4.08. The summed E-state index contributed by atoms with van der Waals surface area (Å²) in [7, 11) is 1.90. The van der Waals surface area contributed by atoms with Crippen molar-refractivity contribution in [1.82, 2.24) is 10.6 Å². The highest BCUT2D eigenvalue weighted by Crippen LogP contribution is 2.09. The van der Waals surface area contributed by atoms with Gasteiger partial charge in [0.05, 0.1) is 0 Å². The van der Waals surface area contributed by atoms with Crippen LogP contribution in [0.5, 0.6) is 0 Å². The number of nitrogens with one attached hydrogen (secondary N) is 2. The topological polar surface area (TPSA) is 41.1 Å². The highest BCUT2D eigenvalue weighted by Gasteiger charge is 1.94. The largest absolute Gasteiger partial charge is 0.353 e. The first-order valence-electron chi connectivity index (χ1n) is 4.97. The molecule has 0 saturated heterocycles. The first-order valence-corrected chi connectivity index (χ1v) is 5.85. The van der Waals surface area contributed by atoms with Crippen LogP contribution in [0.15, 0.2) is 23.6 Å². The Hall–Kier alpha value is -0.840. The number of rotatable bonds is 6. The lowest BCUT2D eigenvalue weighted by atomic mass is 10.4. The van der Waals surface area contributed by atoms with Crippen LogP contribution < -0.4 is 10.6 Å². The number of halogens is 1. The third-order valence-corrected chi connectivity index (χ3v) is 2.68. The Kier molecular flexibility index (Phi) is 8.90. The van der Waals surface area contributed by atoms with E-state index in [1.54, 1.807) is 17.4 Å². The van der Waals surface area contributed by atoms with Crippen LogP contribution in [0.1, 0.15) is 11.3 Å². The van der Waals surface area contributed by atoms with E-state index in [-0.39, 0.29) is 18.3 Å². The normalized spacial score (nSPS) is 10.1. The van der Waals surface area contributed by atoms with Crippen LogP contribution in [-0.4, -0.2) is 26.0 Å². The molecule has 1 rings (SSSR count). The van der Waals surface area contributed by atoms with E-state index in [2.05, 4.69) is 10.6 Å². The number of hydrogen-bond acceptors (Lipinski definition) is 3. The molecule has 1 amide bonds. The minimum atomic E-state index is -0.0282. The highest BCUT2D eigenvalue weighted by molar-refractivity contribution is 7.10. The molecule has 90 valence electrons. The third-order valence-electron chi connectivity index (χ3n) is 1.84. The van der Waals surface area contributed by atoms with E-state index in [1.807, 2.05) is 30.6 Å². The maximum absolute atomic E-state index is 11.3. The molecule has 0 aliphatic heterocycles. The quantitative estimate of drug-likeness (QED) is 0.606. The zero-order valence-corrected chi connectivity index (χ0v) is 10.9. The Morgan fingerprint density at radius 1 is 1.50 bits per heavy atom. The van der Waals surface area contributed by atoms with Gasteiger partial charge in [-0.1, -0.05) is 6.07 Å². The van der Waals surface area contributed by atoms with E-state index in [4.69, 9.17) is 0 Å². The Balaban J connectivity index is 0.00000225. The summed E-state index contributed by atoms with van der Waals surface area (Å²) in [5.41, 5.74) is 0. The SMILES string of the molecule is CNCCCNC(=O)/C=C/c1cccs1.Cl. The van der Waals surface area contributed by atoms with Gasteiger partial charge < -0.3 is 10.6 Å². The third kappa shape index (κ3) is 6.61. The van der Waals surface area contributed by atoms with Crippen molar-refractivity contribution in [1.29, 1.82) is 0 Å². The second kappa shape index (κ2) is 9.39. The van der Waals surface area contributed by atoms with Gasteiger partial charge in [0.2, 0.25) is 5.91 Å². The van der Waals surface area contributed by atoms with Gasteiger partial charge in [-0.3, -0.25) is 4.79 Å². The Bertz CT molecular complexity index is 312. The Morgan fingerprint density at radius 3 is 2.94 bits per heavy atom. The molecule has 0 saturated carbocycles. The first-order chi connectivity index (χ1) is 7.33. The number of hydrogen-bond donors (Lipinski definition) is 2. The fraction of sp³-hybridized carbons (Fsp3) is 0.364. The molecule has 1 aromatic heterocycles. The van der Waals surface area contributed by atoms with Gasteiger partial charge in [-0.05, 0) is 37.5 Å². The van der Waals surface area contributed by atoms with E-state index < -0.39 is 0 Å². The maximum Gasteiger partial charge on any atom is 0.244 e. The van der Waals surface area contributed by atoms with E-state index in [0.29, 0.717) is 6.54 Å². The predicted octanol–water partition coefficient (Wildman–Crippen LogP) is 1.91. The van der Waals surface area contributed by atoms with Crippen molar-refractivity contribution >= 4 is 35.7 Å². The van der Waals surface area contributed by atoms with Crippen LogP contribution >= 0.6 is 23.7 Å². The average molecular weight is 261 g/mol. The lowest BCUT2D eigenvalue weighted by molar-refractivity contribution is -0.116. The molecular formula is C11H17ClN2OS. The fourth-order valence-electron chi connectivity index (χ4n) is 1.08. The van der Waals surface area contributed by atoms with Gasteiger partial charge in [-0.2, -0.15) is 0 Å². The molecule has 5 heteroatoms. The standard InChI is InChI=1S/C11H16N2OS.ClH/c1-12-7-3-8-13-11(14)6-5-10-4-2-9-15-10;/h2,4-6,9,12H,3,7-8H2,1H3,(H,13,14);1H/b6-5+;. The summed E-state index contributed by atoms with van der Waals surface area (Å²) in [6.07, 6.45) is 4.36. The lowest BCUT2D eigenvalue weighted by Gasteiger charge is -2.00. The molecule has 0 radical (unpaired) electrons. The monoisotopic (exact) mass is 260 g/mol. The van der Waals surface area contributed by atoms with Gasteiger partial charge in [-0.15, -0.1) is 23.7 Å². The molecule has 2 N–H and O–H groups in total. The van der Waals surface area contributed by atoms with Crippen molar-refractivity contribution in [3.63, 3.8) is 0 Å². The van der Waals surface area contributed by atoms with Crippen LogP contribution in [-0.2, 0) is 4.79 Å². The molecule has 0 aliphatic rings. The molecule has 3 nitrogen and oxygen atoms in total. The number of thiophene rings is 1. The van der Waals surface area contributed by atoms with Crippen LogP contribution in [0.4, 0.5) is 0 Å². The van der Waals surface area contributed by atoms with E-state index in [0.717, 1.165) is 17.8 Å². The van der Waals surface area contributed by atoms with Gasteiger partial charge in [0.15, 0.2) is 0 Å². The van der Waals surface area contributed by atoms with Gasteiger partial charge in [0.25, 0.3) is 0 Å². The van der Waals surface area contributed by atoms with Gasteiger partial charge >= 0.3 is 0 Å². The molecule has 0 aromatic carbocycles. The first kappa shape index (κ1) is 15.2. The van der Waals surface area contributed by atoms with Crippen molar-refractivity contribution in [2.24, 2.45) is 0 Å². The molecule has 1 heterocycles. The van der Waals surface area contributed by atoms with Gasteiger partial charge in [0.1, 0.15) is 0 Å². The van der Waals surface area contributed by atoms with Crippen molar-refractivity contribution in [3.8, 4) is 0 Å². The van der Waals surface area contributed by atoms with Crippen molar-refractivity contribution in [2.45, 2.75) is 6.42 Å². The smallest absolute Gasteiger partial charge is 0.244 e. The summed E-state index contributed by atoms with van der Waals surface area (Å²) in [6.45, 7) is 1.64. The van der Waals surface area contributed by atoms with Crippen molar-refractivity contribution < 1.29 is 4.79 Å². The summed E-state index contributed by atoms with van der Waals surface area (Å²) in [4.78, 5) is 12.4. The molecule has 0 spiro atoms. The number of carbonyl (C=O) groups excluding carboxylic acids is 1. The van der Waals surface area contributed by atoms with Crippen LogP contribution in [0.25, 0.3) is 6.08 Å². The predicted molar refractivity (Wildman–Crippen MR) is 72.2 cm³/mol. The fourth-order valence-corrected chi connectivity index (χ4v) is 1.70. The summed E-state index contributed by atoms with van der Waals surface area (Å²) >= 11 is 1.62. The maximum atomic E-state index is 11.3. The Labute approximate surface area is 106 Å². The second-order valence-electron chi connectivity index (χ2n) is 3.10. The molecule has 0 fully saturated rings. The van der Waals surface area contributed by atoms with Crippen LogP contribution in [0.2, 0.25) is 0 Å². The molecule has 0 bridgehead atoms. The van der Waals surface area contributed by atoms with Crippen molar-refractivity contribution in [3.05, 3.63) is 28.5 Å². The summed E-state index contributed by atoms with van der Waals surface area (Å²) in [6, 6.07) is 3.95. The zero-order chi connectivity index (χ0) is 10.9. The molecule has 1 aromatic rings. The van der Waals surface area contributed by atoms with E-state index in [1.165, 1.54) is 0 Å². The zero-order valence-electron chi connectivity index (χ0n) is 9.23. The van der Waals surface area contributed by atoms with Crippen LogP contribution in [0.3, 0.4) is 0 Å². The molecule has 0 unspecified atom stereocenters. The highest BCUT2D eigenvalue weighted by atomic mass is 35.5. The Morgan fingerprint density at radius 2 is 2.31 bits per heavy atom. The summed E-state index contributed by atoms with van der Waals surface area (Å²) in [5.74, 6) is -0.0282. The number of amides is 1. The number of carbonyl (C=O) groups is 1. The molecular weight excluding hydrogens is 244 g/mol. The van der Waals surface area contributed by atoms with E-state index >= 15 is 0 Å².